The van der Waals surface area contributed by atoms with Crippen molar-refractivity contribution in [3.8, 4) is 0 Å². The molecule has 3 N–H and O–H groups in total. The van der Waals surface area contributed by atoms with E-state index in [1.54, 1.807) is 57.2 Å². The van der Waals surface area contributed by atoms with Gasteiger partial charge in [-0.2, -0.15) is 0 Å². The Morgan fingerprint density at radius 3 is 2.19 bits per heavy atom. The lowest BCUT2D eigenvalue weighted by Gasteiger charge is -2.26. The summed E-state index contributed by atoms with van der Waals surface area (Å²) in [5.41, 5.74) is 6.06. The Bertz CT molecular complexity index is 1060. The van der Waals surface area contributed by atoms with Gasteiger partial charge in [-0.05, 0) is 57.0 Å². The summed E-state index contributed by atoms with van der Waals surface area (Å²) in [5.74, 6) is -1.51. The number of nitrogens with two attached hydrogens (primary N) is 1. The van der Waals surface area contributed by atoms with Gasteiger partial charge in [0.1, 0.15) is 5.60 Å². The maximum atomic E-state index is 12.8. The number of imide groups is 1. The number of hydrogen-bond donors (Lipinski definition) is 2. The van der Waals surface area contributed by atoms with E-state index in [0.717, 1.165) is 4.90 Å². The molecule has 1 aliphatic rings. The molecule has 4 amide bonds. The molecular weight excluding hydrogens is 434 g/mol. The van der Waals surface area contributed by atoms with Gasteiger partial charge in [-0.1, -0.05) is 29.8 Å². The van der Waals surface area contributed by atoms with Crippen LogP contribution in [0.1, 0.15) is 57.4 Å². The molecule has 0 radical (unpaired) electrons. The van der Waals surface area contributed by atoms with Crippen molar-refractivity contribution in [1.29, 1.82) is 0 Å². The first-order chi connectivity index (χ1) is 15.0. The van der Waals surface area contributed by atoms with Crippen LogP contribution in [0, 0.1) is 0 Å². The smallest absolute Gasteiger partial charge is 0.407 e. The molecule has 168 valence electrons. The van der Waals surface area contributed by atoms with Gasteiger partial charge in [0.15, 0.2) is 0 Å². The molecule has 32 heavy (non-hydrogen) atoms. The number of carbonyl (C=O) groups is 4. The van der Waals surface area contributed by atoms with Crippen molar-refractivity contribution in [2.45, 2.75) is 38.8 Å². The van der Waals surface area contributed by atoms with Gasteiger partial charge in [0, 0.05) is 0 Å². The van der Waals surface area contributed by atoms with Crippen molar-refractivity contribution in [3.05, 3.63) is 69.7 Å². The normalized spacial score (nSPS) is 14.2. The number of amides is 4. The summed E-state index contributed by atoms with van der Waals surface area (Å²) in [6, 6.07) is 10.6. The van der Waals surface area contributed by atoms with Crippen molar-refractivity contribution >= 4 is 35.4 Å². The zero-order valence-electron chi connectivity index (χ0n) is 18.0. The van der Waals surface area contributed by atoms with E-state index >= 15 is 0 Å². The van der Waals surface area contributed by atoms with Crippen LogP contribution in [0.4, 0.5) is 4.79 Å². The SMILES string of the molecule is CC(C)(C)OC(=O)N[C@@H](Cc1ccc(C(N)=O)c(Cl)c1)CN1C(=O)c2ccccc2C1=O. The van der Waals surface area contributed by atoms with Crippen LogP contribution < -0.4 is 11.1 Å². The first kappa shape index (κ1) is 23.3. The van der Waals surface area contributed by atoms with Crippen LogP contribution in [0.15, 0.2) is 42.5 Å². The molecular formula is C23H24ClN3O5. The molecule has 0 bridgehead atoms. The number of carbonyl (C=O) groups excluding carboxylic acids is 4. The van der Waals surface area contributed by atoms with E-state index in [4.69, 9.17) is 22.1 Å². The quantitative estimate of drug-likeness (QED) is 0.646. The number of nitrogens with zero attached hydrogens (tertiary/aromatic N) is 1. The Kier molecular flexibility index (Phi) is 6.55. The summed E-state index contributed by atoms with van der Waals surface area (Å²) in [7, 11) is 0. The first-order valence-corrected chi connectivity index (χ1v) is 10.4. The summed E-state index contributed by atoms with van der Waals surface area (Å²) in [6.45, 7) is 5.12. The highest BCUT2D eigenvalue weighted by Gasteiger charge is 2.37. The maximum Gasteiger partial charge on any atom is 0.407 e. The van der Waals surface area contributed by atoms with Gasteiger partial charge in [0.2, 0.25) is 5.91 Å². The second kappa shape index (κ2) is 9.00. The van der Waals surface area contributed by atoms with Crippen molar-refractivity contribution < 1.29 is 23.9 Å². The highest BCUT2D eigenvalue weighted by atomic mass is 35.5. The van der Waals surface area contributed by atoms with Gasteiger partial charge in [-0.25, -0.2) is 4.79 Å². The molecule has 0 unspecified atom stereocenters. The van der Waals surface area contributed by atoms with Crippen molar-refractivity contribution in [2.24, 2.45) is 5.73 Å². The van der Waals surface area contributed by atoms with E-state index in [0.29, 0.717) is 16.7 Å². The molecule has 2 aromatic rings. The molecule has 8 nitrogen and oxygen atoms in total. The zero-order valence-corrected chi connectivity index (χ0v) is 18.7. The number of nitrogens with one attached hydrogen (secondary N) is 1. The van der Waals surface area contributed by atoms with E-state index in [-0.39, 0.29) is 23.6 Å². The topological polar surface area (TPSA) is 119 Å². The molecule has 0 saturated heterocycles. The number of benzene rings is 2. The standard InChI is InChI=1S/C23H24ClN3O5/c1-23(2,3)32-22(31)26-14(10-13-8-9-17(19(25)28)18(24)11-13)12-27-20(29)15-6-4-5-7-16(15)21(27)30/h4-9,11,14H,10,12H2,1-3H3,(H2,25,28)(H,26,31)/t14-/m0/s1. The van der Waals surface area contributed by atoms with Crippen LogP contribution in [-0.2, 0) is 11.2 Å². The van der Waals surface area contributed by atoms with E-state index in [1.165, 1.54) is 6.07 Å². The summed E-state index contributed by atoms with van der Waals surface area (Å²) < 4.78 is 5.33. The highest BCUT2D eigenvalue weighted by Crippen LogP contribution is 2.24. The molecule has 1 aliphatic heterocycles. The van der Waals surface area contributed by atoms with Gasteiger partial charge in [0.25, 0.3) is 11.8 Å². The van der Waals surface area contributed by atoms with Gasteiger partial charge < -0.3 is 15.8 Å². The van der Waals surface area contributed by atoms with Gasteiger partial charge in [0.05, 0.1) is 34.3 Å². The molecule has 0 saturated carbocycles. The number of fused-ring (bicyclic) bond motifs is 1. The maximum absolute atomic E-state index is 12.8. The van der Waals surface area contributed by atoms with Crippen molar-refractivity contribution in [3.63, 3.8) is 0 Å². The Hall–Kier alpha value is -3.39. The molecule has 0 aromatic heterocycles. The average molecular weight is 458 g/mol. The fraction of sp³-hybridized carbons (Fsp3) is 0.304. The minimum atomic E-state index is -0.726. The Balaban J connectivity index is 1.84. The fourth-order valence-corrected chi connectivity index (χ4v) is 3.73. The Morgan fingerprint density at radius 1 is 1.09 bits per heavy atom. The predicted octanol–water partition coefficient (Wildman–Crippen LogP) is 3.17. The van der Waals surface area contributed by atoms with E-state index in [9.17, 15) is 19.2 Å². The second-order valence-corrected chi connectivity index (χ2v) is 8.90. The Morgan fingerprint density at radius 2 is 1.69 bits per heavy atom. The van der Waals surface area contributed by atoms with Crippen LogP contribution in [0.25, 0.3) is 0 Å². The van der Waals surface area contributed by atoms with Gasteiger partial charge in [-0.3, -0.25) is 19.3 Å². The third kappa shape index (κ3) is 5.26. The predicted molar refractivity (Wildman–Crippen MR) is 119 cm³/mol. The lowest BCUT2D eigenvalue weighted by molar-refractivity contribution is 0.0468. The largest absolute Gasteiger partial charge is 0.444 e. The van der Waals surface area contributed by atoms with Crippen LogP contribution in [0.3, 0.4) is 0 Å². The Labute approximate surface area is 190 Å². The lowest BCUT2D eigenvalue weighted by Crippen LogP contribution is -2.48. The second-order valence-electron chi connectivity index (χ2n) is 8.49. The summed E-state index contributed by atoms with van der Waals surface area (Å²) >= 11 is 6.15. The molecule has 9 heteroatoms. The molecule has 2 aromatic carbocycles. The minimum Gasteiger partial charge on any atom is -0.444 e. The third-order valence-corrected chi connectivity index (χ3v) is 5.10. The van der Waals surface area contributed by atoms with Gasteiger partial charge in [-0.15, -0.1) is 0 Å². The van der Waals surface area contributed by atoms with Gasteiger partial charge >= 0.3 is 6.09 Å². The molecule has 1 atom stereocenters. The van der Waals surface area contributed by atoms with Crippen LogP contribution in [0.5, 0.6) is 0 Å². The number of rotatable bonds is 6. The summed E-state index contributed by atoms with van der Waals surface area (Å²) in [4.78, 5) is 50.5. The molecule has 0 fully saturated rings. The number of halogens is 1. The third-order valence-electron chi connectivity index (χ3n) is 4.78. The summed E-state index contributed by atoms with van der Waals surface area (Å²) in [5, 5.41) is 2.90. The number of hydrogen-bond acceptors (Lipinski definition) is 5. The van der Waals surface area contributed by atoms with Crippen LogP contribution in [0.2, 0.25) is 5.02 Å². The molecule has 3 rings (SSSR count). The molecule has 0 spiro atoms. The van der Waals surface area contributed by atoms with Crippen LogP contribution >= 0.6 is 11.6 Å². The zero-order chi connectivity index (χ0) is 23.6. The minimum absolute atomic E-state index is 0.0687. The van der Waals surface area contributed by atoms with Crippen molar-refractivity contribution in [2.75, 3.05) is 6.54 Å². The van der Waals surface area contributed by atoms with Crippen molar-refractivity contribution in [1.82, 2.24) is 10.2 Å². The fourth-order valence-electron chi connectivity index (χ4n) is 3.43. The number of ether oxygens (including phenoxy) is 1. The van der Waals surface area contributed by atoms with E-state index in [2.05, 4.69) is 5.32 Å². The van der Waals surface area contributed by atoms with E-state index < -0.39 is 35.5 Å². The molecule has 1 heterocycles. The number of alkyl carbamates (subject to hydrolysis) is 1. The summed E-state index contributed by atoms with van der Waals surface area (Å²) in [6.07, 6.45) is -0.454. The lowest BCUT2D eigenvalue weighted by atomic mass is 10.0. The van der Waals surface area contributed by atoms with Crippen LogP contribution in [-0.4, -0.2) is 46.9 Å². The van der Waals surface area contributed by atoms with E-state index in [1.807, 2.05) is 0 Å². The first-order valence-electron chi connectivity index (χ1n) is 9.99. The monoisotopic (exact) mass is 457 g/mol. The highest BCUT2D eigenvalue weighted by molar-refractivity contribution is 6.33. The average Bonchev–Trinajstić information content (AvgIpc) is 2.91. The number of primary amides is 1. The molecule has 0 aliphatic carbocycles.